The van der Waals surface area contributed by atoms with Crippen LogP contribution in [0.4, 0.5) is 4.39 Å². The number of nitrogens with one attached hydrogen (secondary N) is 1. The summed E-state index contributed by atoms with van der Waals surface area (Å²) in [6, 6.07) is 9.07. The quantitative estimate of drug-likeness (QED) is 0.909. The lowest BCUT2D eigenvalue weighted by molar-refractivity contribution is 0.323. The van der Waals surface area contributed by atoms with E-state index in [2.05, 4.69) is 11.4 Å². The molecule has 0 amide bonds. The van der Waals surface area contributed by atoms with Gasteiger partial charge in [0.05, 0.1) is 6.07 Å². The highest BCUT2D eigenvalue weighted by Gasteiger charge is 2.35. The van der Waals surface area contributed by atoms with Gasteiger partial charge in [-0.05, 0) is 50.9 Å². The molecule has 0 aromatic heterocycles. The molecule has 2 nitrogen and oxygen atoms in total. The Labute approximate surface area is 112 Å². The number of rotatable bonds is 3. The maximum atomic E-state index is 13.1. The molecule has 1 fully saturated rings. The molecule has 2 atom stereocenters. The molecule has 1 N–H and O–H groups in total. The van der Waals surface area contributed by atoms with Gasteiger partial charge in [-0.1, -0.05) is 6.07 Å². The van der Waals surface area contributed by atoms with Crippen LogP contribution in [-0.2, 0) is 0 Å². The zero-order valence-corrected chi connectivity index (χ0v) is 11.3. The fourth-order valence-electron chi connectivity index (χ4n) is 2.44. The van der Waals surface area contributed by atoms with Crippen LogP contribution in [-0.4, -0.2) is 17.8 Å². The van der Waals surface area contributed by atoms with Crippen molar-refractivity contribution in [3.05, 3.63) is 30.1 Å². The second-order valence-electron chi connectivity index (χ2n) is 4.74. The summed E-state index contributed by atoms with van der Waals surface area (Å²) in [4.78, 5) is 0.949. The van der Waals surface area contributed by atoms with Crippen LogP contribution < -0.4 is 5.32 Å². The number of halogens is 1. The number of nitrogens with zero attached hydrogens (tertiary/aromatic N) is 1. The second-order valence-corrected chi connectivity index (χ2v) is 6.11. The van der Waals surface area contributed by atoms with Gasteiger partial charge in [0.1, 0.15) is 11.4 Å². The van der Waals surface area contributed by atoms with Crippen molar-refractivity contribution in [2.45, 2.75) is 41.4 Å². The summed E-state index contributed by atoms with van der Waals surface area (Å²) in [5, 5.41) is 12.8. The van der Waals surface area contributed by atoms with Gasteiger partial charge in [0.25, 0.3) is 0 Å². The Bertz CT molecular complexity index is 457. The lowest BCUT2D eigenvalue weighted by atomic mass is 9.83. The normalized spacial score (nSPS) is 27.7. The molecule has 4 heteroatoms. The van der Waals surface area contributed by atoms with Crippen LogP contribution in [0.1, 0.15) is 25.7 Å². The van der Waals surface area contributed by atoms with Crippen LogP contribution in [0.5, 0.6) is 0 Å². The Hall–Kier alpha value is -1.05. The van der Waals surface area contributed by atoms with E-state index in [-0.39, 0.29) is 5.82 Å². The topological polar surface area (TPSA) is 35.8 Å². The standard InChI is InChI=1S/C14H17FN2S/c1-17-14(10-16)7-3-6-13(9-14)18-12-5-2-4-11(15)8-12/h2,4-5,8,13,17H,3,6-7,9H2,1H3. The van der Waals surface area contributed by atoms with E-state index in [0.29, 0.717) is 5.25 Å². The lowest BCUT2D eigenvalue weighted by Crippen LogP contribution is -2.46. The summed E-state index contributed by atoms with van der Waals surface area (Å²) in [6.07, 6.45) is 3.86. The Morgan fingerprint density at radius 2 is 2.39 bits per heavy atom. The molecule has 0 bridgehead atoms. The van der Waals surface area contributed by atoms with Gasteiger partial charge in [-0.2, -0.15) is 5.26 Å². The summed E-state index contributed by atoms with van der Waals surface area (Å²) < 4.78 is 13.1. The number of thioether (sulfide) groups is 1. The maximum absolute atomic E-state index is 13.1. The van der Waals surface area contributed by atoms with E-state index in [1.165, 1.54) is 6.07 Å². The van der Waals surface area contributed by atoms with Crippen molar-refractivity contribution in [2.24, 2.45) is 0 Å². The van der Waals surface area contributed by atoms with Crippen molar-refractivity contribution >= 4 is 11.8 Å². The molecule has 1 aromatic rings. The minimum Gasteiger partial charge on any atom is -0.302 e. The van der Waals surface area contributed by atoms with Gasteiger partial charge in [-0.25, -0.2) is 4.39 Å². The molecule has 0 aliphatic heterocycles. The molecule has 0 saturated heterocycles. The third kappa shape index (κ3) is 3.04. The lowest BCUT2D eigenvalue weighted by Gasteiger charge is -2.35. The third-order valence-corrected chi connectivity index (χ3v) is 4.76. The van der Waals surface area contributed by atoms with Crippen molar-refractivity contribution in [3.8, 4) is 6.07 Å². The summed E-state index contributed by atoms with van der Waals surface area (Å²) >= 11 is 1.68. The van der Waals surface area contributed by atoms with Crippen LogP contribution in [0.25, 0.3) is 0 Å². The third-order valence-electron chi connectivity index (χ3n) is 3.50. The molecule has 0 radical (unpaired) electrons. The second kappa shape index (κ2) is 5.73. The van der Waals surface area contributed by atoms with Crippen LogP contribution in [0.15, 0.2) is 29.2 Å². The van der Waals surface area contributed by atoms with E-state index in [4.69, 9.17) is 0 Å². The Morgan fingerprint density at radius 3 is 3.06 bits per heavy atom. The van der Waals surface area contributed by atoms with Crippen molar-refractivity contribution < 1.29 is 4.39 Å². The smallest absolute Gasteiger partial charge is 0.124 e. The van der Waals surface area contributed by atoms with E-state index in [9.17, 15) is 9.65 Å². The molecule has 96 valence electrons. The summed E-state index contributed by atoms with van der Waals surface area (Å²) in [6.45, 7) is 0. The highest BCUT2D eigenvalue weighted by atomic mass is 32.2. The largest absolute Gasteiger partial charge is 0.302 e. The van der Waals surface area contributed by atoms with Crippen molar-refractivity contribution in [3.63, 3.8) is 0 Å². The van der Waals surface area contributed by atoms with Gasteiger partial charge < -0.3 is 5.32 Å². The Morgan fingerprint density at radius 1 is 1.56 bits per heavy atom. The first-order valence-electron chi connectivity index (χ1n) is 6.20. The average Bonchev–Trinajstić information content (AvgIpc) is 2.39. The zero-order chi connectivity index (χ0) is 13.0. The molecule has 1 aliphatic carbocycles. The SMILES string of the molecule is CNC1(C#N)CCCC(Sc2cccc(F)c2)C1. The zero-order valence-electron chi connectivity index (χ0n) is 10.4. The van der Waals surface area contributed by atoms with E-state index >= 15 is 0 Å². The molecule has 0 spiro atoms. The van der Waals surface area contributed by atoms with Gasteiger partial charge in [0, 0.05) is 10.1 Å². The summed E-state index contributed by atoms with van der Waals surface area (Å²) in [5.74, 6) is -0.198. The van der Waals surface area contributed by atoms with Gasteiger partial charge in [-0.3, -0.25) is 0 Å². The Kier molecular flexibility index (Phi) is 4.26. The van der Waals surface area contributed by atoms with Crippen molar-refractivity contribution in [2.75, 3.05) is 7.05 Å². The molecule has 18 heavy (non-hydrogen) atoms. The van der Waals surface area contributed by atoms with E-state index < -0.39 is 5.54 Å². The predicted octanol–water partition coefficient (Wildman–Crippen LogP) is 3.34. The first-order chi connectivity index (χ1) is 8.67. The first-order valence-corrected chi connectivity index (χ1v) is 7.08. The molecular weight excluding hydrogens is 247 g/mol. The van der Waals surface area contributed by atoms with Gasteiger partial charge in [0.2, 0.25) is 0 Å². The highest BCUT2D eigenvalue weighted by molar-refractivity contribution is 8.00. The minimum absolute atomic E-state index is 0.198. The molecule has 1 saturated carbocycles. The number of hydrogen-bond donors (Lipinski definition) is 1. The minimum atomic E-state index is -0.400. The molecule has 1 aromatic carbocycles. The number of nitriles is 1. The van der Waals surface area contributed by atoms with E-state index in [1.807, 2.05) is 13.1 Å². The van der Waals surface area contributed by atoms with Gasteiger partial charge in [-0.15, -0.1) is 11.8 Å². The van der Waals surface area contributed by atoms with Crippen LogP contribution in [0.3, 0.4) is 0 Å². The molecule has 2 rings (SSSR count). The van der Waals surface area contributed by atoms with Gasteiger partial charge in [0.15, 0.2) is 0 Å². The number of benzene rings is 1. The maximum Gasteiger partial charge on any atom is 0.124 e. The molecular formula is C14H17FN2S. The summed E-state index contributed by atoms with van der Waals surface area (Å²) in [7, 11) is 1.85. The van der Waals surface area contributed by atoms with Crippen molar-refractivity contribution in [1.82, 2.24) is 5.32 Å². The fraction of sp³-hybridized carbons (Fsp3) is 0.500. The van der Waals surface area contributed by atoms with E-state index in [1.54, 1.807) is 23.9 Å². The highest BCUT2D eigenvalue weighted by Crippen LogP contribution is 2.38. The Balaban J connectivity index is 2.04. The predicted molar refractivity (Wildman–Crippen MR) is 71.9 cm³/mol. The van der Waals surface area contributed by atoms with Crippen LogP contribution in [0.2, 0.25) is 0 Å². The first kappa shape index (κ1) is 13.4. The fourth-order valence-corrected chi connectivity index (χ4v) is 3.82. The van der Waals surface area contributed by atoms with Crippen LogP contribution in [0, 0.1) is 17.1 Å². The van der Waals surface area contributed by atoms with Crippen LogP contribution >= 0.6 is 11.8 Å². The van der Waals surface area contributed by atoms with Gasteiger partial charge >= 0.3 is 0 Å². The molecule has 2 unspecified atom stereocenters. The number of hydrogen-bond acceptors (Lipinski definition) is 3. The van der Waals surface area contributed by atoms with E-state index in [0.717, 1.165) is 30.6 Å². The monoisotopic (exact) mass is 264 g/mol. The molecule has 1 aliphatic rings. The molecule has 0 heterocycles. The van der Waals surface area contributed by atoms with Crippen molar-refractivity contribution in [1.29, 1.82) is 5.26 Å². The summed E-state index contributed by atoms with van der Waals surface area (Å²) in [5.41, 5.74) is -0.400. The average molecular weight is 264 g/mol.